The first kappa shape index (κ1) is 16.0. The molecule has 1 aliphatic rings. The lowest BCUT2D eigenvalue weighted by molar-refractivity contribution is -0.137. The molecule has 0 radical (unpaired) electrons. The van der Waals surface area contributed by atoms with E-state index in [-0.39, 0.29) is 12.5 Å². The zero-order valence-corrected chi connectivity index (χ0v) is 13.9. The Hall–Kier alpha value is -1.36. The van der Waals surface area contributed by atoms with Crippen LogP contribution in [0.25, 0.3) is 0 Å². The van der Waals surface area contributed by atoms with Crippen LogP contribution < -0.4 is 0 Å². The molecule has 5 heteroatoms. The van der Waals surface area contributed by atoms with Gasteiger partial charge in [0, 0.05) is 17.6 Å². The zero-order valence-electron chi connectivity index (χ0n) is 12.3. The van der Waals surface area contributed by atoms with Gasteiger partial charge in [0.15, 0.2) is 6.61 Å². The van der Waals surface area contributed by atoms with Crippen molar-refractivity contribution in [1.82, 2.24) is 4.90 Å². The molecule has 4 nitrogen and oxygen atoms in total. The maximum Gasteiger partial charge on any atom is 0.339 e. The molecule has 0 aliphatic carbocycles. The van der Waals surface area contributed by atoms with Crippen LogP contribution in [-0.4, -0.2) is 36.5 Å². The highest BCUT2D eigenvalue weighted by Gasteiger charge is 2.26. The van der Waals surface area contributed by atoms with Gasteiger partial charge in [0.1, 0.15) is 0 Å². The molecule has 1 aliphatic heterocycles. The number of likely N-dealkylation sites (tertiary alicyclic amines) is 1. The number of amides is 1. The number of benzene rings is 1. The van der Waals surface area contributed by atoms with E-state index in [1.807, 2.05) is 6.07 Å². The van der Waals surface area contributed by atoms with Crippen molar-refractivity contribution in [2.45, 2.75) is 20.3 Å². The highest BCUT2D eigenvalue weighted by atomic mass is 79.9. The molecule has 2 atom stereocenters. The maximum absolute atomic E-state index is 12.1. The average molecular weight is 354 g/mol. The second kappa shape index (κ2) is 7.07. The molecule has 2 unspecified atom stereocenters. The second-order valence-corrected chi connectivity index (χ2v) is 6.66. The molecular weight excluding hydrogens is 334 g/mol. The van der Waals surface area contributed by atoms with Crippen molar-refractivity contribution in [2.24, 2.45) is 11.8 Å². The van der Waals surface area contributed by atoms with Crippen LogP contribution in [0.4, 0.5) is 0 Å². The molecule has 1 fully saturated rings. The van der Waals surface area contributed by atoms with E-state index in [1.165, 1.54) is 0 Å². The van der Waals surface area contributed by atoms with E-state index < -0.39 is 5.97 Å². The number of nitrogens with zero attached hydrogens (tertiary/aromatic N) is 1. The Morgan fingerprint density at radius 1 is 1.24 bits per heavy atom. The Morgan fingerprint density at radius 2 is 1.86 bits per heavy atom. The van der Waals surface area contributed by atoms with E-state index in [4.69, 9.17) is 4.74 Å². The predicted octanol–water partition coefficient (Wildman–Crippen LogP) is 3.11. The van der Waals surface area contributed by atoms with Crippen molar-refractivity contribution in [3.05, 3.63) is 34.3 Å². The SMILES string of the molecule is CC1CC(C)CN(C(=O)COC(=O)c2ccccc2Br)C1. The topological polar surface area (TPSA) is 46.6 Å². The lowest BCUT2D eigenvalue weighted by Crippen LogP contribution is -2.44. The number of carbonyl (C=O) groups is 2. The van der Waals surface area contributed by atoms with Gasteiger partial charge in [0.25, 0.3) is 5.91 Å². The lowest BCUT2D eigenvalue weighted by atomic mass is 9.92. The lowest BCUT2D eigenvalue weighted by Gasteiger charge is -2.34. The monoisotopic (exact) mass is 353 g/mol. The smallest absolute Gasteiger partial charge is 0.339 e. The summed E-state index contributed by atoms with van der Waals surface area (Å²) in [5.74, 6) is 0.399. The first-order chi connectivity index (χ1) is 9.97. The van der Waals surface area contributed by atoms with Crippen molar-refractivity contribution < 1.29 is 14.3 Å². The third-order valence-electron chi connectivity index (χ3n) is 3.64. The molecular formula is C16H20BrNO3. The van der Waals surface area contributed by atoms with E-state index >= 15 is 0 Å². The third kappa shape index (κ3) is 4.30. The molecule has 1 heterocycles. The van der Waals surface area contributed by atoms with Gasteiger partial charge in [-0.1, -0.05) is 26.0 Å². The summed E-state index contributed by atoms with van der Waals surface area (Å²) >= 11 is 3.30. The Balaban J connectivity index is 1.89. The number of esters is 1. The minimum Gasteiger partial charge on any atom is -0.452 e. The second-order valence-electron chi connectivity index (χ2n) is 5.80. The normalized spacial score (nSPS) is 22.0. The molecule has 1 aromatic rings. The molecule has 0 N–H and O–H groups in total. The van der Waals surface area contributed by atoms with E-state index in [1.54, 1.807) is 23.1 Å². The summed E-state index contributed by atoms with van der Waals surface area (Å²) in [6.07, 6.45) is 1.14. The number of hydrogen-bond donors (Lipinski definition) is 0. The first-order valence-electron chi connectivity index (χ1n) is 7.16. The van der Waals surface area contributed by atoms with E-state index in [0.717, 1.165) is 19.5 Å². The summed E-state index contributed by atoms with van der Waals surface area (Å²) in [6, 6.07) is 7.02. The fourth-order valence-electron chi connectivity index (χ4n) is 2.79. The van der Waals surface area contributed by atoms with Crippen LogP contribution in [0.3, 0.4) is 0 Å². The number of rotatable bonds is 3. The highest BCUT2D eigenvalue weighted by Crippen LogP contribution is 2.21. The fourth-order valence-corrected chi connectivity index (χ4v) is 3.24. The number of ether oxygens (including phenoxy) is 1. The van der Waals surface area contributed by atoms with Crippen LogP contribution in [0.5, 0.6) is 0 Å². The predicted molar refractivity (Wildman–Crippen MR) is 83.9 cm³/mol. The average Bonchev–Trinajstić information content (AvgIpc) is 2.43. The van der Waals surface area contributed by atoms with Crippen molar-refractivity contribution in [2.75, 3.05) is 19.7 Å². The number of hydrogen-bond acceptors (Lipinski definition) is 3. The molecule has 0 spiro atoms. The molecule has 1 amide bonds. The van der Waals surface area contributed by atoms with Gasteiger partial charge in [0.2, 0.25) is 0 Å². The van der Waals surface area contributed by atoms with Crippen LogP contribution in [0, 0.1) is 11.8 Å². The van der Waals surface area contributed by atoms with Gasteiger partial charge in [-0.25, -0.2) is 4.79 Å². The summed E-state index contributed by atoms with van der Waals surface area (Å²) in [5, 5.41) is 0. The minimum atomic E-state index is -0.478. The number of carbonyl (C=O) groups excluding carboxylic acids is 2. The van der Waals surface area contributed by atoms with Crippen molar-refractivity contribution in [3.63, 3.8) is 0 Å². The standard InChI is InChI=1S/C16H20BrNO3/c1-11-7-12(2)9-18(8-11)15(19)10-21-16(20)13-5-3-4-6-14(13)17/h3-6,11-12H,7-10H2,1-2H3. The van der Waals surface area contributed by atoms with Crippen molar-refractivity contribution >= 4 is 27.8 Å². The molecule has 1 saturated heterocycles. The van der Waals surface area contributed by atoms with Crippen LogP contribution in [0.1, 0.15) is 30.6 Å². The Morgan fingerprint density at radius 3 is 2.48 bits per heavy atom. The summed E-state index contributed by atoms with van der Waals surface area (Å²) in [6.45, 7) is 5.58. The molecule has 21 heavy (non-hydrogen) atoms. The highest BCUT2D eigenvalue weighted by molar-refractivity contribution is 9.10. The van der Waals surface area contributed by atoms with E-state index in [9.17, 15) is 9.59 Å². The van der Waals surface area contributed by atoms with Crippen LogP contribution in [0.2, 0.25) is 0 Å². The largest absolute Gasteiger partial charge is 0.452 e. The zero-order chi connectivity index (χ0) is 15.4. The van der Waals surface area contributed by atoms with Crippen LogP contribution in [-0.2, 0) is 9.53 Å². The van der Waals surface area contributed by atoms with E-state index in [2.05, 4.69) is 29.8 Å². The summed E-state index contributed by atoms with van der Waals surface area (Å²) in [4.78, 5) is 25.9. The van der Waals surface area contributed by atoms with Crippen molar-refractivity contribution in [1.29, 1.82) is 0 Å². The minimum absolute atomic E-state index is 0.117. The Bertz CT molecular complexity index is 522. The molecule has 114 valence electrons. The van der Waals surface area contributed by atoms with Gasteiger partial charge >= 0.3 is 5.97 Å². The van der Waals surface area contributed by atoms with Gasteiger partial charge in [-0.2, -0.15) is 0 Å². The van der Waals surface area contributed by atoms with Crippen molar-refractivity contribution in [3.8, 4) is 0 Å². The number of halogens is 1. The molecule has 0 saturated carbocycles. The van der Waals surface area contributed by atoms with Gasteiger partial charge in [-0.05, 0) is 46.3 Å². The Kier molecular flexibility index (Phi) is 5.39. The molecule has 0 aromatic heterocycles. The van der Waals surface area contributed by atoms with Gasteiger partial charge in [-0.3, -0.25) is 4.79 Å². The summed E-state index contributed by atoms with van der Waals surface area (Å²) in [5.41, 5.74) is 0.436. The molecule has 0 bridgehead atoms. The van der Waals surface area contributed by atoms with Gasteiger partial charge < -0.3 is 9.64 Å². The summed E-state index contributed by atoms with van der Waals surface area (Å²) in [7, 11) is 0. The van der Waals surface area contributed by atoms with Crippen LogP contribution in [0.15, 0.2) is 28.7 Å². The van der Waals surface area contributed by atoms with E-state index in [0.29, 0.717) is 21.9 Å². The van der Waals surface area contributed by atoms with Gasteiger partial charge in [-0.15, -0.1) is 0 Å². The number of piperidine rings is 1. The third-order valence-corrected chi connectivity index (χ3v) is 4.33. The van der Waals surface area contributed by atoms with Gasteiger partial charge in [0.05, 0.1) is 5.56 Å². The quantitative estimate of drug-likeness (QED) is 0.784. The first-order valence-corrected chi connectivity index (χ1v) is 7.96. The molecule has 1 aromatic carbocycles. The molecule has 2 rings (SSSR count). The Labute approximate surface area is 133 Å². The fraction of sp³-hybridized carbons (Fsp3) is 0.500. The summed E-state index contributed by atoms with van der Waals surface area (Å²) < 4.78 is 5.80. The van der Waals surface area contributed by atoms with Crippen LogP contribution >= 0.6 is 15.9 Å². The maximum atomic E-state index is 12.1.